The molecule has 128 valence electrons. The molecule has 2 heterocycles. The first-order valence-corrected chi connectivity index (χ1v) is 7.82. The van der Waals surface area contributed by atoms with Crippen molar-refractivity contribution in [2.24, 2.45) is 0 Å². The van der Waals surface area contributed by atoms with Crippen LogP contribution in [0.3, 0.4) is 0 Å². The second-order valence-corrected chi connectivity index (χ2v) is 5.40. The predicted octanol–water partition coefficient (Wildman–Crippen LogP) is 2.14. The van der Waals surface area contributed by atoms with Crippen LogP contribution < -0.4 is 10.9 Å². The molecule has 0 spiro atoms. The monoisotopic (exact) mass is 339 g/mol. The molecule has 0 aliphatic carbocycles. The summed E-state index contributed by atoms with van der Waals surface area (Å²) in [6.07, 6.45) is 3.23. The molecule has 3 aromatic rings. The topological polar surface area (TPSA) is 93.2 Å². The number of esters is 1. The molecule has 0 saturated carbocycles. The van der Waals surface area contributed by atoms with Crippen LogP contribution in [0.1, 0.15) is 17.3 Å². The van der Waals surface area contributed by atoms with E-state index in [4.69, 9.17) is 4.74 Å². The lowest BCUT2D eigenvalue weighted by atomic mass is 10.2. The van der Waals surface area contributed by atoms with Crippen molar-refractivity contribution in [2.75, 3.05) is 11.9 Å². The number of benzene rings is 1. The van der Waals surface area contributed by atoms with Crippen molar-refractivity contribution >= 4 is 28.5 Å². The molecule has 0 saturated heterocycles. The van der Waals surface area contributed by atoms with Gasteiger partial charge in [-0.2, -0.15) is 0 Å². The Labute approximate surface area is 143 Å². The first-order valence-electron chi connectivity index (χ1n) is 7.82. The molecule has 2 N–H and O–H groups in total. The minimum Gasteiger partial charge on any atom is -0.462 e. The molecule has 0 unspecified atom stereocenters. The van der Waals surface area contributed by atoms with Gasteiger partial charge in [-0.1, -0.05) is 6.07 Å². The number of carbonyl (C=O) groups excluding carboxylic acids is 2. The second-order valence-electron chi connectivity index (χ2n) is 5.40. The fourth-order valence-corrected chi connectivity index (χ4v) is 2.57. The van der Waals surface area contributed by atoms with E-state index >= 15 is 0 Å². The maximum Gasteiger partial charge on any atom is 0.338 e. The van der Waals surface area contributed by atoms with Gasteiger partial charge >= 0.3 is 5.97 Å². The van der Waals surface area contributed by atoms with Crippen LogP contribution in [0, 0.1) is 0 Å². The van der Waals surface area contributed by atoms with Crippen molar-refractivity contribution in [2.45, 2.75) is 13.5 Å². The molecular formula is C18H17N3O4. The Morgan fingerprint density at radius 2 is 2.08 bits per heavy atom. The summed E-state index contributed by atoms with van der Waals surface area (Å²) in [5.41, 5.74) is 1.36. The summed E-state index contributed by atoms with van der Waals surface area (Å²) in [7, 11) is 0. The maximum absolute atomic E-state index is 12.3. The van der Waals surface area contributed by atoms with Gasteiger partial charge < -0.3 is 19.6 Å². The minimum absolute atomic E-state index is 0.0522. The minimum atomic E-state index is -0.436. The van der Waals surface area contributed by atoms with E-state index in [0.29, 0.717) is 22.2 Å². The van der Waals surface area contributed by atoms with Gasteiger partial charge in [-0.3, -0.25) is 9.59 Å². The van der Waals surface area contributed by atoms with Crippen molar-refractivity contribution in [3.8, 4) is 0 Å². The number of fused-ring (bicyclic) bond motifs is 1. The summed E-state index contributed by atoms with van der Waals surface area (Å²) in [6.45, 7) is 2.07. The van der Waals surface area contributed by atoms with Crippen LogP contribution in [-0.4, -0.2) is 28.0 Å². The van der Waals surface area contributed by atoms with Crippen LogP contribution >= 0.6 is 0 Å². The van der Waals surface area contributed by atoms with E-state index in [1.807, 2.05) is 0 Å². The lowest BCUT2D eigenvalue weighted by Crippen LogP contribution is -2.18. The number of H-pyrrole nitrogens is 1. The highest BCUT2D eigenvalue weighted by molar-refractivity contribution is 5.95. The van der Waals surface area contributed by atoms with Crippen LogP contribution in [0.4, 0.5) is 5.69 Å². The highest BCUT2D eigenvalue weighted by atomic mass is 16.5. The number of aromatic nitrogens is 2. The van der Waals surface area contributed by atoms with Gasteiger partial charge in [0.15, 0.2) is 0 Å². The zero-order chi connectivity index (χ0) is 17.8. The summed E-state index contributed by atoms with van der Waals surface area (Å²) in [4.78, 5) is 38.3. The average molecular weight is 339 g/mol. The highest BCUT2D eigenvalue weighted by Crippen LogP contribution is 2.14. The smallest absolute Gasteiger partial charge is 0.338 e. The number of nitrogens with one attached hydrogen (secondary N) is 2. The van der Waals surface area contributed by atoms with Crippen molar-refractivity contribution in [3.05, 3.63) is 64.7 Å². The van der Waals surface area contributed by atoms with Gasteiger partial charge in [0.05, 0.1) is 23.1 Å². The van der Waals surface area contributed by atoms with E-state index in [0.717, 1.165) is 0 Å². The number of rotatable bonds is 5. The van der Waals surface area contributed by atoms with Gasteiger partial charge in [-0.15, -0.1) is 0 Å². The molecule has 7 heteroatoms. The van der Waals surface area contributed by atoms with Crippen LogP contribution in [0.25, 0.3) is 10.9 Å². The van der Waals surface area contributed by atoms with Gasteiger partial charge in [0, 0.05) is 18.1 Å². The average Bonchev–Trinajstić information content (AvgIpc) is 2.99. The fraction of sp³-hybridized carbons (Fsp3) is 0.167. The van der Waals surface area contributed by atoms with Crippen molar-refractivity contribution in [1.82, 2.24) is 9.55 Å². The number of aromatic amines is 1. The second kappa shape index (κ2) is 7.04. The molecule has 0 bridgehead atoms. The molecule has 25 heavy (non-hydrogen) atoms. The number of hydrogen-bond acceptors (Lipinski definition) is 4. The third-order valence-corrected chi connectivity index (χ3v) is 3.68. The number of hydrogen-bond donors (Lipinski definition) is 2. The molecule has 0 atom stereocenters. The Morgan fingerprint density at radius 3 is 2.88 bits per heavy atom. The van der Waals surface area contributed by atoms with Crippen LogP contribution in [0.5, 0.6) is 0 Å². The molecule has 0 aliphatic rings. The number of amides is 1. The van der Waals surface area contributed by atoms with Crippen LogP contribution in [0.15, 0.2) is 53.6 Å². The van der Waals surface area contributed by atoms with E-state index in [-0.39, 0.29) is 24.6 Å². The van der Waals surface area contributed by atoms with Gasteiger partial charge in [0.1, 0.15) is 6.54 Å². The molecule has 0 radical (unpaired) electrons. The van der Waals surface area contributed by atoms with Crippen molar-refractivity contribution < 1.29 is 14.3 Å². The molecular weight excluding hydrogens is 322 g/mol. The fourth-order valence-electron chi connectivity index (χ4n) is 2.57. The summed E-state index contributed by atoms with van der Waals surface area (Å²) in [5, 5.41) is 3.27. The highest BCUT2D eigenvalue weighted by Gasteiger charge is 2.10. The zero-order valence-electron chi connectivity index (χ0n) is 13.6. The zero-order valence-corrected chi connectivity index (χ0v) is 13.6. The lowest BCUT2D eigenvalue weighted by Gasteiger charge is -2.09. The Bertz CT molecular complexity index is 987. The molecule has 7 nitrogen and oxygen atoms in total. The lowest BCUT2D eigenvalue weighted by molar-refractivity contribution is -0.116. The van der Waals surface area contributed by atoms with Crippen LogP contribution in [0.2, 0.25) is 0 Å². The summed E-state index contributed by atoms with van der Waals surface area (Å²) in [6, 6.07) is 9.97. The van der Waals surface area contributed by atoms with Gasteiger partial charge in [-0.25, -0.2) is 4.79 Å². The Morgan fingerprint density at radius 1 is 1.24 bits per heavy atom. The SMILES string of the molecule is CCOC(=O)c1cccc(NC(=O)Cn2ccc3c(=O)[nH]ccc32)c1. The molecule has 0 aliphatic heterocycles. The van der Waals surface area contributed by atoms with Crippen molar-refractivity contribution in [1.29, 1.82) is 0 Å². The summed E-state index contributed by atoms with van der Waals surface area (Å²) < 4.78 is 6.63. The van der Waals surface area contributed by atoms with E-state index in [2.05, 4.69) is 10.3 Å². The first kappa shape index (κ1) is 16.5. The molecule has 1 amide bonds. The number of anilines is 1. The predicted molar refractivity (Wildman–Crippen MR) is 93.6 cm³/mol. The number of nitrogens with zero attached hydrogens (tertiary/aromatic N) is 1. The maximum atomic E-state index is 12.3. The van der Waals surface area contributed by atoms with Gasteiger partial charge in [0.2, 0.25) is 5.91 Å². The number of pyridine rings is 1. The third kappa shape index (κ3) is 3.60. The van der Waals surface area contributed by atoms with Gasteiger partial charge in [0.25, 0.3) is 5.56 Å². The molecule has 3 rings (SSSR count). The molecule has 2 aromatic heterocycles. The van der Waals surface area contributed by atoms with Crippen LogP contribution in [-0.2, 0) is 16.1 Å². The Balaban J connectivity index is 1.74. The number of carbonyl (C=O) groups is 2. The standard InChI is InChI=1S/C18H17N3O4/c1-2-25-18(24)12-4-3-5-13(10-12)20-16(22)11-21-9-7-14-15(21)6-8-19-17(14)23/h3-10H,2,11H2,1H3,(H,19,23)(H,20,22). The quantitative estimate of drug-likeness (QED) is 0.697. The van der Waals surface area contributed by atoms with Crippen molar-refractivity contribution in [3.63, 3.8) is 0 Å². The summed E-state index contributed by atoms with van der Waals surface area (Å²) in [5.74, 6) is -0.701. The molecule has 1 aromatic carbocycles. The van der Waals surface area contributed by atoms with E-state index in [9.17, 15) is 14.4 Å². The largest absolute Gasteiger partial charge is 0.462 e. The van der Waals surface area contributed by atoms with E-state index < -0.39 is 5.97 Å². The Kier molecular flexibility index (Phi) is 4.65. The Hall–Kier alpha value is -3.35. The molecule has 0 fully saturated rings. The number of ether oxygens (including phenoxy) is 1. The van der Waals surface area contributed by atoms with E-state index in [1.54, 1.807) is 60.3 Å². The van der Waals surface area contributed by atoms with E-state index in [1.165, 1.54) is 0 Å². The van der Waals surface area contributed by atoms with Gasteiger partial charge in [-0.05, 0) is 37.3 Å². The third-order valence-electron chi connectivity index (χ3n) is 3.68. The normalized spacial score (nSPS) is 10.6. The first-order chi connectivity index (χ1) is 12.1. The summed E-state index contributed by atoms with van der Waals surface area (Å²) >= 11 is 0.